The van der Waals surface area contributed by atoms with E-state index in [0.717, 1.165) is 29.4 Å². The fourth-order valence-electron chi connectivity index (χ4n) is 3.32. The molecule has 0 aliphatic heterocycles. The SMILES string of the molecule is C/C=C/Cn1cc(-c2cc(C(=O)NC3CC3)ccc2OC)c2cc[nH]c2c1=O. The number of allylic oxidation sites excluding steroid dienone is 2. The molecule has 0 atom stereocenters. The molecule has 2 N–H and O–H groups in total. The largest absolute Gasteiger partial charge is 0.496 e. The molecule has 0 saturated heterocycles. The first kappa shape index (κ1) is 18.1. The highest BCUT2D eigenvalue weighted by atomic mass is 16.5. The summed E-state index contributed by atoms with van der Waals surface area (Å²) in [6.07, 6.45) is 9.50. The molecule has 144 valence electrons. The van der Waals surface area contributed by atoms with Crippen molar-refractivity contribution in [3.63, 3.8) is 0 Å². The third-order valence-corrected chi connectivity index (χ3v) is 5.00. The van der Waals surface area contributed by atoms with E-state index >= 15 is 0 Å². The number of amides is 1. The molecule has 28 heavy (non-hydrogen) atoms. The minimum absolute atomic E-state index is 0.0801. The summed E-state index contributed by atoms with van der Waals surface area (Å²) >= 11 is 0. The summed E-state index contributed by atoms with van der Waals surface area (Å²) in [5, 5.41) is 3.82. The van der Waals surface area contributed by atoms with E-state index in [9.17, 15) is 9.59 Å². The zero-order valence-corrected chi connectivity index (χ0v) is 16.0. The zero-order valence-electron chi connectivity index (χ0n) is 16.0. The molecule has 2 aromatic heterocycles. The Kier molecular flexibility index (Phi) is 4.77. The second-order valence-electron chi connectivity index (χ2n) is 7.00. The number of benzene rings is 1. The predicted octanol–water partition coefficient (Wildman–Crippen LogP) is 3.47. The molecule has 0 unspecified atom stereocenters. The van der Waals surface area contributed by atoms with Crippen LogP contribution < -0.4 is 15.6 Å². The molecule has 1 aliphatic carbocycles. The van der Waals surface area contributed by atoms with Crippen molar-refractivity contribution < 1.29 is 9.53 Å². The van der Waals surface area contributed by atoms with Crippen LogP contribution in [0.2, 0.25) is 0 Å². The highest BCUT2D eigenvalue weighted by Gasteiger charge is 2.24. The van der Waals surface area contributed by atoms with Crippen molar-refractivity contribution in [1.82, 2.24) is 14.9 Å². The van der Waals surface area contributed by atoms with Crippen molar-refractivity contribution in [2.75, 3.05) is 7.11 Å². The molecule has 6 nitrogen and oxygen atoms in total. The number of fused-ring (bicyclic) bond motifs is 1. The Morgan fingerprint density at radius 3 is 2.86 bits per heavy atom. The monoisotopic (exact) mass is 377 g/mol. The Bertz CT molecular complexity index is 1120. The number of pyridine rings is 1. The first-order valence-electron chi connectivity index (χ1n) is 9.43. The van der Waals surface area contributed by atoms with Crippen molar-refractivity contribution in [3.05, 3.63) is 64.7 Å². The number of methoxy groups -OCH3 is 1. The van der Waals surface area contributed by atoms with E-state index in [1.54, 1.807) is 30.0 Å². The van der Waals surface area contributed by atoms with Crippen LogP contribution >= 0.6 is 0 Å². The van der Waals surface area contributed by atoms with Crippen LogP contribution in [-0.2, 0) is 6.54 Å². The Morgan fingerprint density at radius 2 is 2.14 bits per heavy atom. The molecule has 0 bridgehead atoms. The number of aromatic nitrogens is 2. The molecule has 1 amide bonds. The highest BCUT2D eigenvalue weighted by molar-refractivity contribution is 6.00. The van der Waals surface area contributed by atoms with Crippen LogP contribution in [-0.4, -0.2) is 28.6 Å². The van der Waals surface area contributed by atoms with Gasteiger partial charge in [0.2, 0.25) is 0 Å². The first-order valence-corrected chi connectivity index (χ1v) is 9.43. The Hall–Kier alpha value is -3.28. The summed E-state index contributed by atoms with van der Waals surface area (Å²) in [5.41, 5.74) is 2.67. The van der Waals surface area contributed by atoms with Gasteiger partial charge in [-0.3, -0.25) is 9.59 Å². The van der Waals surface area contributed by atoms with E-state index in [4.69, 9.17) is 4.74 Å². The smallest absolute Gasteiger partial charge is 0.275 e. The quantitative estimate of drug-likeness (QED) is 0.646. The van der Waals surface area contributed by atoms with Crippen LogP contribution in [0.5, 0.6) is 5.75 Å². The van der Waals surface area contributed by atoms with Gasteiger partial charge < -0.3 is 19.6 Å². The number of carbonyl (C=O) groups is 1. The maximum absolute atomic E-state index is 12.7. The van der Waals surface area contributed by atoms with Gasteiger partial charge in [0, 0.05) is 47.1 Å². The number of hydrogen-bond acceptors (Lipinski definition) is 3. The average molecular weight is 377 g/mol. The lowest BCUT2D eigenvalue weighted by Gasteiger charge is -2.14. The average Bonchev–Trinajstić information content (AvgIpc) is 3.38. The van der Waals surface area contributed by atoms with Crippen LogP contribution in [0.15, 0.2) is 53.6 Å². The number of H-pyrrole nitrogens is 1. The third kappa shape index (κ3) is 3.33. The lowest BCUT2D eigenvalue weighted by Crippen LogP contribution is -2.25. The van der Waals surface area contributed by atoms with Crippen LogP contribution in [0, 0.1) is 0 Å². The summed E-state index contributed by atoms with van der Waals surface area (Å²) in [6.45, 7) is 2.39. The van der Waals surface area contributed by atoms with Gasteiger partial charge in [0.1, 0.15) is 11.3 Å². The Balaban J connectivity index is 1.88. The molecule has 4 rings (SSSR count). The van der Waals surface area contributed by atoms with E-state index < -0.39 is 0 Å². The van der Waals surface area contributed by atoms with E-state index in [2.05, 4.69) is 10.3 Å². The fourth-order valence-corrected chi connectivity index (χ4v) is 3.32. The standard InChI is InChI=1S/C22H23N3O3/c1-3-4-11-25-13-18(16-9-10-23-20(16)22(25)27)17-12-14(5-8-19(17)28-2)21(26)24-15-6-7-15/h3-5,8-10,12-13,15,23H,6-7,11H2,1-2H3,(H,24,26)/b4-3+. The summed E-state index contributed by atoms with van der Waals surface area (Å²) in [7, 11) is 1.60. The molecule has 1 aliphatic rings. The van der Waals surface area contributed by atoms with Crippen molar-refractivity contribution in [3.8, 4) is 16.9 Å². The molecular formula is C22H23N3O3. The molecule has 1 aromatic carbocycles. The molecule has 1 saturated carbocycles. The molecule has 0 spiro atoms. The maximum Gasteiger partial charge on any atom is 0.275 e. The van der Waals surface area contributed by atoms with Gasteiger partial charge in [-0.05, 0) is 44.0 Å². The number of aromatic amines is 1. The highest BCUT2D eigenvalue weighted by Crippen LogP contribution is 2.35. The molecule has 2 heterocycles. The van der Waals surface area contributed by atoms with Crippen LogP contribution in [0.1, 0.15) is 30.1 Å². The number of carbonyl (C=O) groups excluding carboxylic acids is 1. The zero-order chi connectivity index (χ0) is 19.7. The minimum atomic E-state index is -0.0843. The number of hydrogen-bond donors (Lipinski definition) is 2. The van der Waals surface area contributed by atoms with Crippen LogP contribution in [0.4, 0.5) is 0 Å². The molecular weight excluding hydrogens is 354 g/mol. The van der Waals surface area contributed by atoms with Gasteiger partial charge in [-0.25, -0.2) is 0 Å². The van der Waals surface area contributed by atoms with E-state index in [1.807, 2.05) is 37.4 Å². The normalized spacial score (nSPS) is 13.9. The lowest BCUT2D eigenvalue weighted by molar-refractivity contribution is 0.0951. The topological polar surface area (TPSA) is 76.1 Å². The minimum Gasteiger partial charge on any atom is -0.496 e. The second-order valence-corrected chi connectivity index (χ2v) is 7.00. The number of ether oxygens (including phenoxy) is 1. The van der Waals surface area contributed by atoms with Gasteiger partial charge in [0.25, 0.3) is 11.5 Å². The Morgan fingerprint density at radius 1 is 1.32 bits per heavy atom. The summed E-state index contributed by atoms with van der Waals surface area (Å²) in [4.78, 5) is 28.3. The molecule has 1 fully saturated rings. The third-order valence-electron chi connectivity index (χ3n) is 5.00. The molecule has 0 radical (unpaired) electrons. The van der Waals surface area contributed by atoms with Gasteiger partial charge in [-0.15, -0.1) is 0 Å². The van der Waals surface area contributed by atoms with E-state index in [0.29, 0.717) is 23.4 Å². The van der Waals surface area contributed by atoms with Gasteiger partial charge >= 0.3 is 0 Å². The predicted molar refractivity (Wildman–Crippen MR) is 110 cm³/mol. The Labute approximate surface area is 162 Å². The van der Waals surface area contributed by atoms with Gasteiger partial charge in [-0.2, -0.15) is 0 Å². The summed E-state index contributed by atoms with van der Waals surface area (Å²) < 4.78 is 7.22. The molecule has 6 heteroatoms. The first-order chi connectivity index (χ1) is 13.6. The van der Waals surface area contributed by atoms with Crippen molar-refractivity contribution >= 4 is 16.8 Å². The van der Waals surface area contributed by atoms with Gasteiger partial charge in [0.05, 0.1) is 7.11 Å². The number of nitrogens with one attached hydrogen (secondary N) is 2. The van der Waals surface area contributed by atoms with Gasteiger partial charge in [0.15, 0.2) is 0 Å². The van der Waals surface area contributed by atoms with E-state index in [1.165, 1.54) is 0 Å². The second kappa shape index (κ2) is 7.38. The van der Waals surface area contributed by atoms with Crippen molar-refractivity contribution in [2.45, 2.75) is 32.4 Å². The summed E-state index contributed by atoms with van der Waals surface area (Å²) in [5.74, 6) is 0.570. The summed E-state index contributed by atoms with van der Waals surface area (Å²) in [6, 6.07) is 7.57. The van der Waals surface area contributed by atoms with Crippen molar-refractivity contribution in [1.29, 1.82) is 0 Å². The van der Waals surface area contributed by atoms with Gasteiger partial charge in [-0.1, -0.05) is 12.2 Å². The number of nitrogens with zero attached hydrogens (tertiary/aromatic N) is 1. The lowest BCUT2D eigenvalue weighted by atomic mass is 10.00. The maximum atomic E-state index is 12.7. The van der Waals surface area contributed by atoms with Crippen LogP contribution in [0.25, 0.3) is 22.0 Å². The fraction of sp³-hybridized carbons (Fsp3) is 0.273. The van der Waals surface area contributed by atoms with Crippen LogP contribution in [0.3, 0.4) is 0 Å². The van der Waals surface area contributed by atoms with E-state index in [-0.39, 0.29) is 17.5 Å². The van der Waals surface area contributed by atoms with Crippen molar-refractivity contribution in [2.24, 2.45) is 0 Å². The molecule has 3 aromatic rings. The number of rotatable bonds is 6.